The first-order chi connectivity index (χ1) is 17.5. The van der Waals surface area contributed by atoms with Crippen LogP contribution in [0.4, 0.5) is 17.5 Å². The number of rotatable bonds is 10. The zero-order valence-electron chi connectivity index (χ0n) is 21.0. The number of benzene rings is 1. The number of hydrogen-bond acceptors (Lipinski definition) is 9. The summed E-state index contributed by atoms with van der Waals surface area (Å²) in [5.41, 5.74) is 2.00. The Bertz CT molecular complexity index is 1200. The monoisotopic (exact) mass is 507 g/mol. The molecule has 0 spiro atoms. The number of aromatic amines is 1. The third-order valence-electron chi connectivity index (χ3n) is 6.60. The molecule has 3 heterocycles. The molecule has 0 atom stereocenters. The van der Waals surface area contributed by atoms with E-state index < -0.39 is 0 Å². The molecule has 2 aromatic heterocycles. The first kappa shape index (κ1) is 24.6. The van der Waals surface area contributed by atoms with Gasteiger partial charge in [0.25, 0.3) is 0 Å². The highest BCUT2D eigenvalue weighted by atomic mass is 32.2. The van der Waals surface area contributed by atoms with Crippen molar-refractivity contribution in [2.75, 3.05) is 37.9 Å². The number of carbonyl (C=O) groups excluding carboxylic acids is 1. The molecule has 1 aromatic carbocycles. The second kappa shape index (κ2) is 10.9. The van der Waals surface area contributed by atoms with Crippen LogP contribution >= 0.6 is 11.8 Å². The first-order valence-electron chi connectivity index (χ1n) is 12.5. The highest BCUT2D eigenvalue weighted by molar-refractivity contribution is 7.99. The number of nitrogens with zero attached hydrogens (tertiary/aromatic N) is 4. The fourth-order valence-corrected chi connectivity index (χ4v) is 5.09. The van der Waals surface area contributed by atoms with Crippen molar-refractivity contribution in [3.05, 3.63) is 41.6 Å². The van der Waals surface area contributed by atoms with Crippen molar-refractivity contribution in [1.29, 1.82) is 0 Å². The Labute approximate surface area is 215 Å². The van der Waals surface area contributed by atoms with Gasteiger partial charge in [-0.25, -0.2) is 9.97 Å². The fraction of sp³-hybridized carbons (Fsp3) is 0.462. The summed E-state index contributed by atoms with van der Waals surface area (Å²) in [6, 6.07) is 10.3. The SMILES string of the molecule is COc1c(Nc2cc(C)[nH]n2)nc(Sc2ccc(CC(=O)C3CC3)cc2)nc1NC1CCN(C)CC1. The molecule has 1 aliphatic carbocycles. The predicted octanol–water partition coefficient (Wildman–Crippen LogP) is 4.44. The van der Waals surface area contributed by atoms with Gasteiger partial charge in [-0.1, -0.05) is 12.1 Å². The topological polar surface area (TPSA) is 108 Å². The molecule has 1 saturated heterocycles. The summed E-state index contributed by atoms with van der Waals surface area (Å²) in [4.78, 5) is 25.1. The van der Waals surface area contributed by atoms with Crippen LogP contribution in [0.2, 0.25) is 0 Å². The van der Waals surface area contributed by atoms with Crippen LogP contribution in [0.15, 0.2) is 40.4 Å². The van der Waals surface area contributed by atoms with Crippen LogP contribution in [0.3, 0.4) is 0 Å². The second-order valence-electron chi connectivity index (χ2n) is 9.68. The van der Waals surface area contributed by atoms with Gasteiger partial charge in [0.1, 0.15) is 5.78 Å². The van der Waals surface area contributed by atoms with Gasteiger partial charge >= 0.3 is 0 Å². The maximum atomic E-state index is 12.2. The second-order valence-corrected chi connectivity index (χ2v) is 10.7. The summed E-state index contributed by atoms with van der Waals surface area (Å²) in [7, 11) is 3.78. The fourth-order valence-electron chi connectivity index (χ4n) is 4.33. The van der Waals surface area contributed by atoms with Gasteiger partial charge in [0.05, 0.1) is 7.11 Å². The zero-order chi connectivity index (χ0) is 25.1. The molecule has 190 valence electrons. The Kier molecular flexibility index (Phi) is 7.43. The molecule has 5 rings (SSSR count). The number of nitrogens with one attached hydrogen (secondary N) is 3. The predicted molar refractivity (Wildman–Crippen MR) is 141 cm³/mol. The molecule has 9 nitrogen and oxygen atoms in total. The van der Waals surface area contributed by atoms with E-state index in [1.54, 1.807) is 7.11 Å². The number of H-pyrrole nitrogens is 1. The molecule has 10 heteroatoms. The van der Waals surface area contributed by atoms with Crippen LogP contribution in [-0.2, 0) is 11.2 Å². The summed E-state index contributed by atoms with van der Waals surface area (Å²) >= 11 is 1.48. The van der Waals surface area contributed by atoms with E-state index in [0.717, 1.165) is 54.9 Å². The third kappa shape index (κ3) is 6.17. The number of aromatic nitrogens is 4. The summed E-state index contributed by atoms with van der Waals surface area (Å²) in [5, 5.41) is 14.7. The lowest BCUT2D eigenvalue weighted by molar-refractivity contribution is -0.119. The Hall–Kier alpha value is -3.11. The Morgan fingerprint density at radius 1 is 1.14 bits per heavy atom. The number of hydrogen-bond donors (Lipinski definition) is 3. The van der Waals surface area contributed by atoms with E-state index in [4.69, 9.17) is 14.7 Å². The highest BCUT2D eigenvalue weighted by Gasteiger charge is 2.29. The number of carbonyl (C=O) groups is 1. The van der Waals surface area contributed by atoms with Crippen molar-refractivity contribution in [1.82, 2.24) is 25.1 Å². The minimum absolute atomic E-state index is 0.284. The molecular weight excluding hydrogens is 474 g/mol. The number of anilines is 3. The first-order valence-corrected chi connectivity index (χ1v) is 13.3. The summed E-state index contributed by atoms with van der Waals surface area (Å²) < 4.78 is 5.76. The normalized spacial score (nSPS) is 16.6. The molecule has 0 radical (unpaired) electrons. The molecule has 36 heavy (non-hydrogen) atoms. The van der Waals surface area contributed by atoms with Crippen molar-refractivity contribution in [2.45, 2.75) is 55.1 Å². The minimum atomic E-state index is 0.284. The smallest absolute Gasteiger partial charge is 0.204 e. The lowest BCUT2D eigenvalue weighted by Gasteiger charge is -2.30. The lowest BCUT2D eigenvalue weighted by Crippen LogP contribution is -2.37. The number of ether oxygens (including phenoxy) is 1. The van der Waals surface area contributed by atoms with Gasteiger partial charge in [-0.2, -0.15) is 5.10 Å². The van der Waals surface area contributed by atoms with Crippen molar-refractivity contribution >= 4 is 35.0 Å². The number of likely N-dealkylation sites (tertiary alicyclic amines) is 1. The summed E-state index contributed by atoms with van der Waals surface area (Å²) in [6.45, 7) is 4.03. The quantitative estimate of drug-likeness (QED) is 0.343. The molecule has 1 saturated carbocycles. The lowest BCUT2D eigenvalue weighted by atomic mass is 10.1. The van der Waals surface area contributed by atoms with Crippen molar-refractivity contribution < 1.29 is 9.53 Å². The molecule has 3 N–H and O–H groups in total. The van der Waals surface area contributed by atoms with E-state index in [9.17, 15) is 4.79 Å². The average Bonchev–Trinajstić information content (AvgIpc) is 3.64. The van der Waals surface area contributed by atoms with Gasteiger partial charge in [-0.05, 0) is 82.2 Å². The van der Waals surface area contributed by atoms with Gasteiger partial charge in [-0.3, -0.25) is 9.89 Å². The van der Waals surface area contributed by atoms with Gasteiger partial charge in [0.15, 0.2) is 22.6 Å². The molecule has 0 amide bonds. The van der Waals surface area contributed by atoms with Crippen LogP contribution in [0.1, 0.15) is 36.9 Å². The van der Waals surface area contributed by atoms with Crippen LogP contribution in [0.5, 0.6) is 5.75 Å². The van der Waals surface area contributed by atoms with Crippen molar-refractivity contribution in [3.8, 4) is 5.75 Å². The number of ketones is 1. The van der Waals surface area contributed by atoms with Crippen LogP contribution < -0.4 is 15.4 Å². The molecule has 1 aliphatic heterocycles. The van der Waals surface area contributed by atoms with Gasteiger partial charge < -0.3 is 20.3 Å². The number of aryl methyl sites for hydroxylation is 1. The summed E-state index contributed by atoms with van der Waals surface area (Å²) in [6.07, 6.45) is 4.67. The van der Waals surface area contributed by atoms with Crippen molar-refractivity contribution in [2.24, 2.45) is 5.92 Å². The molecule has 3 aromatic rings. The van der Waals surface area contributed by atoms with Crippen LogP contribution in [0.25, 0.3) is 0 Å². The number of Topliss-reactive ketones (excluding diaryl/α,β-unsaturated/α-hetero) is 1. The molecular formula is C26H33N7O2S. The summed E-state index contributed by atoms with van der Waals surface area (Å²) in [5.74, 6) is 3.09. The van der Waals surface area contributed by atoms with Crippen molar-refractivity contribution in [3.63, 3.8) is 0 Å². The van der Waals surface area contributed by atoms with E-state index in [1.165, 1.54) is 11.8 Å². The maximum absolute atomic E-state index is 12.2. The highest BCUT2D eigenvalue weighted by Crippen LogP contribution is 2.37. The average molecular weight is 508 g/mol. The van der Waals surface area contributed by atoms with E-state index in [1.807, 2.05) is 37.3 Å². The molecule has 2 fully saturated rings. The van der Waals surface area contributed by atoms with Gasteiger partial charge in [-0.15, -0.1) is 0 Å². The Morgan fingerprint density at radius 3 is 2.50 bits per heavy atom. The van der Waals surface area contributed by atoms with E-state index in [0.29, 0.717) is 46.6 Å². The Balaban J connectivity index is 1.38. The van der Waals surface area contributed by atoms with Gasteiger partial charge in [0, 0.05) is 35.0 Å². The van der Waals surface area contributed by atoms with Crippen LogP contribution in [0, 0.1) is 12.8 Å². The van der Waals surface area contributed by atoms with E-state index >= 15 is 0 Å². The third-order valence-corrected chi connectivity index (χ3v) is 7.48. The van der Waals surface area contributed by atoms with E-state index in [-0.39, 0.29) is 5.92 Å². The molecule has 0 unspecified atom stereocenters. The van der Waals surface area contributed by atoms with E-state index in [2.05, 4.69) is 32.8 Å². The molecule has 0 bridgehead atoms. The maximum Gasteiger partial charge on any atom is 0.204 e. The van der Waals surface area contributed by atoms with Crippen LogP contribution in [-0.4, -0.2) is 64.1 Å². The zero-order valence-corrected chi connectivity index (χ0v) is 21.8. The van der Waals surface area contributed by atoms with Gasteiger partial charge in [0.2, 0.25) is 5.75 Å². The standard InChI is InChI=1S/C26H33N7O2S/c1-16-14-22(32-31-16)28-25-23(35-3)24(27-19-10-12-33(2)13-11-19)29-26(30-25)36-20-8-4-17(5-9-20)15-21(34)18-6-7-18/h4-5,8-9,14,18-19H,6-7,10-13,15H2,1-3H3,(H3,27,28,29,30,31,32). The largest absolute Gasteiger partial charge is 0.490 e. The Morgan fingerprint density at radius 2 is 1.86 bits per heavy atom. The number of piperidine rings is 1. The molecule has 2 aliphatic rings. The minimum Gasteiger partial charge on any atom is -0.490 e. The number of methoxy groups -OCH3 is 1.